The molecule has 3 aromatic rings. The number of thiophene rings is 1. The number of halogens is 2. The van der Waals surface area contributed by atoms with Gasteiger partial charge in [-0.2, -0.15) is 8.75 Å². The number of anilines is 1. The van der Waals surface area contributed by atoms with Crippen LogP contribution in [0.5, 0.6) is 0 Å². The van der Waals surface area contributed by atoms with Crippen molar-refractivity contribution in [2.24, 2.45) is 0 Å². The molecule has 0 unspecified atom stereocenters. The molecule has 0 fully saturated rings. The molecule has 0 radical (unpaired) electrons. The number of fused-ring (bicyclic) bond motifs is 1. The van der Waals surface area contributed by atoms with Gasteiger partial charge in [-0.3, -0.25) is 0 Å². The van der Waals surface area contributed by atoms with Crippen LogP contribution < -0.4 is 5.32 Å². The zero-order chi connectivity index (χ0) is 12.5. The molecule has 1 N–H and O–H groups in total. The van der Waals surface area contributed by atoms with Gasteiger partial charge in [-0.1, -0.05) is 23.2 Å². The normalized spacial score (nSPS) is 11.0. The molecule has 0 amide bonds. The van der Waals surface area contributed by atoms with Gasteiger partial charge < -0.3 is 5.32 Å². The van der Waals surface area contributed by atoms with Crippen LogP contribution in [0, 0.1) is 0 Å². The molecule has 0 saturated carbocycles. The van der Waals surface area contributed by atoms with Gasteiger partial charge in [0.2, 0.25) is 0 Å². The van der Waals surface area contributed by atoms with Crippen molar-refractivity contribution in [3.8, 4) is 0 Å². The van der Waals surface area contributed by atoms with E-state index in [0.29, 0.717) is 11.6 Å². The fourth-order valence-electron chi connectivity index (χ4n) is 1.62. The number of nitrogens with zero attached hydrogens (tertiary/aromatic N) is 2. The van der Waals surface area contributed by atoms with E-state index in [1.165, 1.54) is 11.7 Å². The quantitative estimate of drug-likeness (QED) is 0.763. The molecule has 92 valence electrons. The predicted molar refractivity (Wildman–Crippen MR) is 79.1 cm³/mol. The molecular formula is C11H7Cl2N3S2. The lowest BCUT2D eigenvalue weighted by atomic mass is 10.2. The summed E-state index contributed by atoms with van der Waals surface area (Å²) in [7, 11) is 0. The van der Waals surface area contributed by atoms with E-state index in [2.05, 4.69) is 14.1 Å². The van der Waals surface area contributed by atoms with Crippen LogP contribution in [0.1, 0.15) is 4.88 Å². The number of hydrogen-bond acceptors (Lipinski definition) is 5. The molecule has 0 bridgehead atoms. The Morgan fingerprint density at radius 2 is 2.11 bits per heavy atom. The summed E-state index contributed by atoms with van der Waals surface area (Å²) in [6.45, 7) is 0.674. The Hall–Kier alpha value is -0.880. The van der Waals surface area contributed by atoms with E-state index >= 15 is 0 Å². The summed E-state index contributed by atoms with van der Waals surface area (Å²) in [6, 6.07) is 5.63. The van der Waals surface area contributed by atoms with Gasteiger partial charge in [0.1, 0.15) is 11.0 Å². The van der Waals surface area contributed by atoms with Crippen LogP contribution in [0.4, 0.5) is 5.69 Å². The van der Waals surface area contributed by atoms with Crippen LogP contribution in [0.15, 0.2) is 23.6 Å². The number of aromatic nitrogens is 2. The van der Waals surface area contributed by atoms with Gasteiger partial charge in [-0.15, -0.1) is 11.3 Å². The topological polar surface area (TPSA) is 37.8 Å². The average Bonchev–Trinajstić information content (AvgIpc) is 2.96. The van der Waals surface area contributed by atoms with Crippen LogP contribution in [0.25, 0.3) is 11.0 Å². The Bertz CT molecular complexity index is 692. The second-order valence-electron chi connectivity index (χ2n) is 3.64. The lowest BCUT2D eigenvalue weighted by molar-refractivity contribution is 1.20. The minimum Gasteiger partial charge on any atom is -0.377 e. The minimum absolute atomic E-state index is 0.651. The lowest BCUT2D eigenvalue weighted by Gasteiger charge is -2.07. The third-order valence-corrected chi connectivity index (χ3v) is 4.58. The number of hydrogen-bond donors (Lipinski definition) is 1. The molecule has 0 spiro atoms. The fraction of sp³-hybridized carbons (Fsp3) is 0.0909. The molecule has 0 aliphatic rings. The number of rotatable bonds is 3. The first kappa shape index (κ1) is 12.2. The van der Waals surface area contributed by atoms with Crippen molar-refractivity contribution in [3.05, 3.63) is 38.5 Å². The highest BCUT2D eigenvalue weighted by molar-refractivity contribution is 7.10. The molecule has 2 aromatic heterocycles. The maximum absolute atomic E-state index is 6.18. The van der Waals surface area contributed by atoms with Crippen molar-refractivity contribution < 1.29 is 0 Å². The molecule has 0 aliphatic heterocycles. The van der Waals surface area contributed by atoms with Crippen molar-refractivity contribution in [3.63, 3.8) is 0 Å². The zero-order valence-corrected chi connectivity index (χ0v) is 12.1. The summed E-state index contributed by atoms with van der Waals surface area (Å²) < 4.78 is 8.45. The van der Waals surface area contributed by atoms with Crippen molar-refractivity contribution >= 4 is 63.0 Å². The summed E-state index contributed by atoms with van der Waals surface area (Å²) >= 11 is 14.9. The smallest absolute Gasteiger partial charge is 0.129 e. The van der Waals surface area contributed by atoms with Gasteiger partial charge in [0, 0.05) is 16.8 Å². The fourth-order valence-corrected chi connectivity index (χ4v) is 3.39. The highest BCUT2D eigenvalue weighted by Gasteiger charge is 2.09. The average molecular weight is 316 g/mol. The van der Waals surface area contributed by atoms with Gasteiger partial charge in [0.05, 0.1) is 27.5 Å². The molecule has 1 aromatic carbocycles. The second kappa shape index (κ2) is 5.01. The largest absolute Gasteiger partial charge is 0.377 e. The van der Waals surface area contributed by atoms with Crippen LogP contribution in [-0.2, 0) is 6.54 Å². The first-order chi connectivity index (χ1) is 8.74. The standard InChI is InChI=1S/C11H7Cl2N3S2/c12-6-3-7(17-5-6)4-14-10-8(13)1-2-9-11(10)16-18-15-9/h1-3,5,14H,4H2. The molecule has 3 nitrogen and oxygen atoms in total. The van der Waals surface area contributed by atoms with Crippen LogP contribution in [-0.4, -0.2) is 8.75 Å². The summed E-state index contributed by atoms with van der Waals surface area (Å²) in [5.41, 5.74) is 2.50. The number of benzene rings is 1. The van der Waals surface area contributed by atoms with E-state index in [4.69, 9.17) is 23.2 Å². The highest BCUT2D eigenvalue weighted by atomic mass is 35.5. The van der Waals surface area contributed by atoms with E-state index in [9.17, 15) is 0 Å². The molecule has 3 rings (SSSR count). The van der Waals surface area contributed by atoms with E-state index in [1.54, 1.807) is 11.3 Å². The van der Waals surface area contributed by atoms with Gasteiger partial charge in [-0.25, -0.2) is 0 Å². The third-order valence-electron chi connectivity index (χ3n) is 2.44. The monoisotopic (exact) mass is 315 g/mol. The Morgan fingerprint density at radius 1 is 1.22 bits per heavy atom. The second-order valence-corrected chi connectivity index (χ2v) is 6.01. The zero-order valence-electron chi connectivity index (χ0n) is 8.98. The molecule has 0 aliphatic carbocycles. The maximum Gasteiger partial charge on any atom is 0.129 e. The molecular weight excluding hydrogens is 309 g/mol. The van der Waals surface area contributed by atoms with Crippen LogP contribution >= 0.6 is 46.3 Å². The predicted octanol–water partition coefficient (Wildman–Crippen LogP) is 4.67. The molecule has 0 saturated heterocycles. The van der Waals surface area contributed by atoms with Gasteiger partial charge >= 0.3 is 0 Å². The first-order valence-electron chi connectivity index (χ1n) is 5.11. The van der Waals surface area contributed by atoms with Crippen LogP contribution in [0.2, 0.25) is 10.0 Å². The maximum atomic E-state index is 6.18. The Labute approximate surface area is 122 Å². The third kappa shape index (κ3) is 2.31. The molecule has 18 heavy (non-hydrogen) atoms. The van der Waals surface area contributed by atoms with E-state index in [1.807, 2.05) is 23.6 Å². The summed E-state index contributed by atoms with van der Waals surface area (Å²) in [5.74, 6) is 0. The molecule has 2 heterocycles. The highest BCUT2D eigenvalue weighted by Crippen LogP contribution is 2.31. The molecule has 0 atom stereocenters. The van der Waals surface area contributed by atoms with Crippen LogP contribution in [0.3, 0.4) is 0 Å². The lowest BCUT2D eigenvalue weighted by Crippen LogP contribution is -1.99. The molecule has 7 heteroatoms. The van der Waals surface area contributed by atoms with E-state index in [0.717, 1.165) is 26.6 Å². The Kier molecular flexibility index (Phi) is 3.39. The SMILES string of the molecule is Clc1csc(CNc2c(Cl)ccc3nsnc23)c1. The minimum atomic E-state index is 0.651. The summed E-state index contributed by atoms with van der Waals surface area (Å²) in [5, 5.41) is 6.61. The first-order valence-corrected chi connectivity index (χ1v) is 7.48. The summed E-state index contributed by atoms with van der Waals surface area (Å²) in [6.07, 6.45) is 0. The Balaban J connectivity index is 1.89. The van der Waals surface area contributed by atoms with Crippen molar-refractivity contribution in [2.45, 2.75) is 6.54 Å². The number of nitrogens with one attached hydrogen (secondary N) is 1. The van der Waals surface area contributed by atoms with Crippen molar-refractivity contribution in [1.29, 1.82) is 0 Å². The van der Waals surface area contributed by atoms with Gasteiger partial charge in [0.25, 0.3) is 0 Å². The van der Waals surface area contributed by atoms with Crippen molar-refractivity contribution in [2.75, 3.05) is 5.32 Å². The van der Waals surface area contributed by atoms with E-state index in [-0.39, 0.29) is 0 Å². The van der Waals surface area contributed by atoms with E-state index < -0.39 is 0 Å². The van der Waals surface area contributed by atoms with Crippen molar-refractivity contribution in [1.82, 2.24) is 8.75 Å². The van der Waals surface area contributed by atoms with Gasteiger partial charge in [-0.05, 0) is 18.2 Å². The van der Waals surface area contributed by atoms with Gasteiger partial charge in [0.15, 0.2) is 0 Å². The summed E-state index contributed by atoms with van der Waals surface area (Å²) in [4.78, 5) is 1.15. The Morgan fingerprint density at radius 3 is 2.89 bits per heavy atom.